The smallest absolute Gasteiger partial charge is 0.0468 e. The van der Waals surface area contributed by atoms with Crippen LogP contribution in [0.25, 0.3) is 0 Å². The van der Waals surface area contributed by atoms with Gasteiger partial charge in [0.1, 0.15) is 0 Å². The van der Waals surface area contributed by atoms with Gasteiger partial charge in [0.05, 0.1) is 0 Å². The third-order valence-corrected chi connectivity index (χ3v) is 5.29. The predicted octanol–water partition coefficient (Wildman–Crippen LogP) is 3.71. The molecular formula is C18H27NO. The Morgan fingerprint density at radius 2 is 1.75 bits per heavy atom. The third-order valence-electron chi connectivity index (χ3n) is 5.29. The van der Waals surface area contributed by atoms with Crippen LogP contribution in [0.15, 0.2) is 30.3 Å². The monoisotopic (exact) mass is 273 g/mol. The molecule has 0 bridgehead atoms. The van der Waals surface area contributed by atoms with Crippen LogP contribution in [0, 0.1) is 11.8 Å². The van der Waals surface area contributed by atoms with E-state index in [1.807, 2.05) is 0 Å². The highest BCUT2D eigenvalue weighted by atomic mass is 16.5. The van der Waals surface area contributed by atoms with E-state index in [9.17, 15) is 0 Å². The molecule has 0 aromatic heterocycles. The van der Waals surface area contributed by atoms with Crippen molar-refractivity contribution in [3.8, 4) is 0 Å². The first-order valence-electron chi connectivity index (χ1n) is 8.21. The molecule has 2 nitrogen and oxygen atoms in total. The quantitative estimate of drug-likeness (QED) is 0.911. The van der Waals surface area contributed by atoms with E-state index in [0.29, 0.717) is 12.0 Å². The zero-order chi connectivity index (χ0) is 13.8. The van der Waals surface area contributed by atoms with Crippen LogP contribution in [0.4, 0.5) is 0 Å². The molecule has 0 amide bonds. The molecule has 1 aromatic rings. The number of hydrogen-bond acceptors (Lipinski definition) is 2. The highest BCUT2D eigenvalue weighted by Gasteiger charge is 2.31. The van der Waals surface area contributed by atoms with Crippen molar-refractivity contribution in [3.05, 3.63) is 35.9 Å². The van der Waals surface area contributed by atoms with E-state index >= 15 is 0 Å². The summed E-state index contributed by atoms with van der Waals surface area (Å²) < 4.78 is 5.47. The van der Waals surface area contributed by atoms with Crippen molar-refractivity contribution in [3.63, 3.8) is 0 Å². The number of benzene rings is 1. The van der Waals surface area contributed by atoms with Gasteiger partial charge in [0.15, 0.2) is 0 Å². The Kier molecular flexibility index (Phi) is 4.74. The van der Waals surface area contributed by atoms with Crippen LogP contribution in [0.5, 0.6) is 0 Å². The summed E-state index contributed by atoms with van der Waals surface area (Å²) in [4.78, 5) is 0. The molecule has 0 spiro atoms. The van der Waals surface area contributed by atoms with E-state index in [-0.39, 0.29) is 0 Å². The number of hydrogen-bond donors (Lipinski definition) is 1. The van der Waals surface area contributed by atoms with Crippen LogP contribution >= 0.6 is 0 Å². The SMILES string of the molecule is NC1CCC(c2ccccc2)CC1CC1CCOCC1. The van der Waals surface area contributed by atoms with Crippen molar-refractivity contribution in [1.29, 1.82) is 0 Å². The van der Waals surface area contributed by atoms with Crippen molar-refractivity contribution in [2.45, 2.75) is 50.5 Å². The average Bonchev–Trinajstić information content (AvgIpc) is 2.51. The zero-order valence-corrected chi connectivity index (χ0v) is 12.3. The highest BCUT2D eigenvalue weighted by Crippen LogP contribution is 2.39. The second-order valence-electron chi connectivity index (χ2n) is 6.64. The molecule has 1 aromatic carbocycles. The summed E-state index contributed by atoms with van der Waals surface area (Å²) >= 11 is 0. The van der Waals surface area contributed by atoms with Crippen molar-refractivity contribution >= 4 is 0 Å². The van der Waals surface area contributed by atoms with Crippen molar-refractivity contribution in [2.75, 3.05) is 13.2 Å². The van der Waals surface area contributed by atoms with Crippen LogP contribution < -0.4 is 5.73 Å². The van der Waals surface area contributed by atoms with Crippen LogP contribution in [0.1, 0.15) is 50.0 Å². The van der Waals surface area contributed by atoms with E-state index in [4.69, 9.17) is 10.5 Å². The Morgan fingerprint density at radius 3 is 2.50 bits per heavy atom. The van der Waals surface area contributed by atoms with Crippen LogP contribution in [-0.2, 0) is 4.74 Å². The molecule has 1 heterocycles. The number of nitrogens with two attached hydrogens (primary N) is 1. The Bertz CT molecular complexity index is 399. The minimum Gasteiger partial charge on any atom is -0.381 e. The topological polar surface area (TPSA) is 35.2 Å². The zero-order valence-electron chi connectivity index (χ0n) is 12.3. The van der Waals surface area contributed by atoms with Crippen LogP contribution in [0.3, 0.4) is 0 Å². The summed E-state index contributed by atoms with van der Waals surface area (Å²) in [5.74, 6) is 2.27. The maximum Gasteiger partial charge on any atom is 0.0468 e. The fourth-order valence-electron chi connectivity index (χ4n) is 4.00. The molecule has 2 heteroatoms. The van der Waals surface area contributed by atoms with Gasteiger partial charge in [0, 0.05) is 19.3 Å². The lowest BCUT2D eigenvalue weighted by atomic mass is 9.71. The van der Waals surface area contributed by atoms with E-state index in [1.165, 1.54) is 44.1 Å². The van der Waals surface area contributed by atoms with Gasteiger partial charge < -0.3 is 10.5 Å². The summed E-state index contributed by atoms with van der Waals surface area (Å²) in [5.41, 5.74) is 7.92. The standard InChI is InChI=1S/C18H27NO/c19-18-7-6-16(15-4-2-1-3-5-15)13-17(18)12-14-8-10-20-11-9-14/h1-5,14,16-18H,6-13,19H2. The summed E-state index contributed by atoms with van der Waals surface area (Å²) in [5, 5.41) is 0. The first-order chi connectivity index (χ1) is 9.83. The van der Waals surface area contributed by atoms with Gasteiger partial charge >= 0.3 is 0 Å². The Hall–Kier alpha value is -0.860. The summed E-state index contributed by atoms with van der Waals surface area (Å²) in [6, 6.07) is 11.4. The fraction of sp³-hybridized carbons (Fsp3) is 0.667. The third kappa shape index (κ3) is 3.42. The second-order valence-corrected chi connectivity index (χ2v) is 6.64. The first kappa shape index (κ1) is 14.1. The van der Waals surface area contributed by atoms with Gasteiger partial charge in [-0.3, -0.25) is 0 Å². The van der Waals surface area contributed by atoms with Crippen molar-refractivity contribution < 1.29 is 4.74 Å². The molecule has 1 saturated heterocycles. The minimum absolute atomic E-state index is 0.415. The molecule has 2 aliphatic rings. The lowest BCUT2D eigenvalue weighted by Gasteiger charge is -2.37. The summed E-state index contributed by atoms with van der Waals surface area (Å²) in [6.07, 6.45) is 7.51. The Morgan fingerprint density at radius 1 is 1.00 bits per heavy atom. The van der Waals surface area contributed by atoms with Crippen LogP contribution in [-0.4, -0.2) is 19.3 Å². The van der Waals surface area contributed by atoms with Crippen LogP contribution in [0.2, 0.25) is 0 Å². The maximum absolute atomic E-state index is 6.41. The van der Waals surface area contributed by atoms with E-state index in [0.717, 1.165) is 25.0 Å². The number of ether oxygens (including phenoxy) is 1. The number of rotatable bonds is 3. The lowest BCUT2D eigenvalue weighted by Crippen LogP contribution is -2.37. The molecule has 3 unspecified atom stereocenters. The molecule has 20 heavy (non-hydrogen) atoms. The summed E-state index contributed by atoms with van der Waals surface area (Å²) in [7, 11) is 0. The van der Waals surface area contributed by atoms with E-state index in [1.54, 1.807) is 0 Å². The molecule has 2 fully saturated rings. The van der Waals surface area contributed by atoms with Gasteiger partial charge in [-0.1, -0.05) is 30.3 Å². The summed E-state index contributed by atoms with van der Waals surface area (Å²) in [6.45, 7) is 1.91. The predicted molar refractivity (Wildman–Crippen MR) is 82.7 cm³/mol. The van der Waals surface area contributed by atoms with E-state index in [2.05, 4.69) is 30.3 Å². The largest absolute Gasteiger partial charge is 0.381 e. The molecular weight excluding hydrogens is 246 g/mol. The Labute approximate surface area is 122 Å². The molecule has 110 valence electrons. The van der Waals surface area contributed by atoms with Crippen molar-refractivity contribution in [2.24, 2.45) is 17.6 Å². The van der Waals surface area contributed by atoms with Gasteiger partial charge in [-0.2, -0.15) is 0 Å². The van der Waals surface area contributed by atoms with Gasteiger partial charge in [-0.05, 0) is 61.8 Å². The van der Waals surface area contributed by atoms with Gasteiger partial charge in [-0.15, -0.1) is 0 Å². The molecule has 1 aliphatic carbocycles. The second kappa shape index (κ2) is 6.73. The molecule has 3 rings (SSSR count). The van der Waals surface area contributed by atoms with E-state index < -0.39 is 0 Å². The van der Waals surface area contributed by atoms with Crippen molar-refractivity contribution in [1.82, 2.24) is 0 Å². The van der Waals surface area contributed by atoms with Gasteiger partial charge in [0.25, 0.3) is 0 Å². The highest BCUT2D eigenvalue weighted by molar-refractivity contribution is 5.20. The average molecular weight is 273 g/mol. The minimum atomic E-state index is 0.415. The molecule has 1 saturated carbocycles. The normalized spacial score (nSPS) is 32.1. The molecule has 2 N–H and O–H groups in total. The first-order valence-corrected chi connectivity index (χ1v) is 8.21. The fourth-order valence-corrected chi connectivity index (χ4v) is 4.00. The lowest BCUT2D eigenvalue weighted by molar-refractivity contribution is 0.0538. The molecule has 3 atom stereocenters. The molecule has 1 aliphatic heterocycles. The maximum atomic E-state index is 6.41. The Balaban J connectivity index is 1.61. The van der Waals surface area contributed by atoms with Gasteiger partial charge in [-0.25, -0.2) is 0 Å². The molecule has 0 radical (unpaired) electrons. The van der Waals surface area contributed by atoms with Gasteiger partial charge in [0.2, 0.25) is 0 Å².